The van der Waals surface area contributed by atoms with E-state index in [2.05, 4.69) is 49.3 Å². The molecule has 1 saturated carbocycles. The van der Waals surface area contributed by atoms with Crippen LogP contribution in [-0.4, -0.2) is 19.1 Å². The van der Waals surface area contributed by atoms with Crippen molar-refractivity contribution in [1.82, 2.24) is 5.32 Å². The largest absolute Gasteiger partial charge is 0.371 e. The number of nitrogens with zero attached hydrogens (tertiary/aromatic N) is 1. The molecule has 2 nitrogen and oxygen atoms in total. The van der Waals surface area contributed by atoms with Crippen molar-refractivity contribution in [3.8, 4) is 0 Å². The molecule has 1 aromatic carbocycles. The molecule has 3 heteroatoms. The Balaban J connectivity index is 2.00. The fourth-order valence-electron chi connectivity index (χ4n) is 2.34. The van der Waals surface area contributed by atoms with Crippen molar-refractivity contribution in [2.45, 2.75) is 58.2 Å². The van der Waals surface area contributed by atoms with Crippen molar-refractivity contribution in [2.75, 3.05) is 11.9 Å². The first-order valence-electron chi connectivity index (χ1n) is 7.36. The molecule has 0 aliphatic heterocycles. The number of hydrogen-bond acceptors (Lipinski definition) is 2. The summed E-state index contributed by atoms with van der Waals surface area (Å²) >= 11 is 6.43. The number of rotatable bonds is 7. The van der Waals surface area contributed by atoms with Crippen molar-refractivity contribution in [1.29, 1.82) is 0 Å². The molecule has 0 saturated heterocycles. The van der Waals surface area contributed by atoms with Crippen LogP contribution in [0.25, 0.3) is 0 Å². The Morgan fingerprint density at radius 2 is 2.16 bits per heavy atom. The molecule has 0 amide bonds. The predicted octanol–water partition coefficient (Wildman–Crippen LogP) is 4.22. The van der Waals surface area contributed by atoms with Gasteiger partial charge in [-0.1, -0.05) is 31.0 Å². The second kappa shape index (κ2) is 6.62. The van der Waals surface area contributed by atoms with Crippen LogP contribution in [0.3, 0.4) is 0 Å². The van der Waals surface area contributed by atoms with E-state index < -0.39 is 0 Å². The second-order valence-corrected chi connectivity index (χ2v) is 6.10. The zero-order chi connectivity index (χ0) is 13.8. The van der Waals surface area contributed by atoms with Gasteiger partial charge in [-0.05, 0) is 43.9 Å². The van der Waals surface area contributed by atoms with E-state index in [0.717, 1.165) is 23.3 Å². The van der Waals surface area contributed by atoms with E-state index in [4.69, 9.17) is 11.6 Å². The van der Waals surface area contributed by atoms with Crippen LogP contribution in [0.15, 0.2) is 18.2 Å². The topological polar surface area (TPSA) is 15.3 Å². The van der Waals surface area contributed by atoms with Crippen LogP contribution in [-0.2, 0) is 6.54 Å². The van der Waals surface area contributed by atoms with Gasteiger partial charge < -0.3 is 10.2 Å². The lowest BCUT2D eigenvalue weighted by Gasteiger charge is -2.28. The molecular formula is C16H25ClN2. The SMILES string of the molecule is CCCC(C)N(C)c1ccc(CNC2CC2)cc1Cl. The highest BCUT2D eigenvalue weighted by molar-refractivity contribution is 6.33. The standard InChI is InChI=1S/C16H25ClN2/c1-4-5-12(2)19(3)16-9-6-13(10-15(16)17)11-18-14-7-8-14/h6,9-10,12,14,18H,4-5,7-8,11H2,1-3H3. The van der Waals surface area contributed by atoms with Gasteiger partial charge in [-0.25, -0.2) is 0 Å². The first-order chi connectivity index (χ1) is 9.11. The van der Waals surface area contributed by atoms with Gasteiger partial charge in [-0.15, -0.1) is 0 Å². The van der Waals surface area contributed by atoms with E-state index in [0.29, 0.717) is 6.04 Å². The third-order valence-electron chi connectivity index (χ3n) is 3.93. The normalized spacial score (nSPS) is 16.4. The molecule has 1 aliphatic rings. The van der Waals surface area contributed by atoms with E-state index in [1.807, 2.05) is 0 Å². The van der Waals surface area contributed by atoms with E-state index in [9.17, 15) is 0 Å². The Labute approximate surface area is 122 Å². The summed E-state index contributed by atoms with van der Waals surface area (Å²) < 4.78 is 0. The summed E-state index contributed by atoms with van der Waals surface area (Å²) in [5, 5.41) is 4.38. The lowest BCUT2D eigenvalue weighted by Crippen LogP contribution is -2.28. The molecule has 0 bridgehead atoms. The van der Waals surface area contributed by atoms with Gasteiger partial charge in [0.2, 0.25) is 0 Å². The van der Waals surface area contributed by atoms with Crippen LogP contribution in [0.2, 0.25) is 5.02 Å². The van der Waals surface area contributed by atoms with Crippen molar-refractivity contribution >= 4 is 17.3 Å². The number of nitrogens with one attached hydrogen (secondary N) is 1. The second-order valence-electron chi connectivity index (χ2n) is 5.69. The van der Waals surface area contributed by atoms with Crippen LogP contribution < -0.4 is 10.2 Å². The maximum absolute atomic E-state index is 6.43. The van der Waals surface area contributed by atoms with Crippen molar-refractivity contribution in [3.63, 3.8) is 0 Å². The quantitative estimate of drug-likeness (QED) is 0.805. The molecule has 1 N–H and O–H groups in total. The molecule has 0 aromatic heterocycles. The molecule has 1 atom stereocenters. The maximum Gasteiger partial charge on any atom is 0.0642 e. The molecule has 19 heavy (non-hydrogen) atoms. The van der Waals surface area contributed by atoms with E-state index in [1.165, 1.54) is 31.2 Å². The summed E-state index contributed by atoms with van der Waals surface area (Å²) in [6.07, 6.45) is 5.04. The fourth-order valence-corrected chi connectivity index (χ4v) is 2.68. The first kappa shape index (κ1) is 14.7. The van der Waals surface area contributed by atoms with E-state index in [1.54, 1.807) is 0 Å². The smallest absolute Gasteiger partial charge is 0.0642 e. The molecule has 1 aliphatic carbocycles. The van der Waals surface area contributed by atoms with Crippen LogP contribution >= 0.6 is 11.6 Å². The zero-order valence-corrected chi connectivity index (χ0v) is 13.0. The minimum Gasteiger partial charge on any atom is -0.371 e. The third kappa shape index (κ3) is 4.12. The average Bonchev–Trinajstić information content (AvgIpc) is 3.20. The fraction of sp³-hybridized carbons (Fsp3) is 0.625. The van der Waals surface area contributed by atoms with Crippen molar-refractivity contribution in [3.05, 3.63) is 28.8 Å². The number of anilines is 1. The zero-order valence-electron chi connectivity index (χ0n) is 12.2. The minimum atomic E-state index is 0.526. The first-order valence-corrected chi connectivity index (χ1v) is 7.74. The van der Waals surface area contributed by atoms with Gasteiger partial charge in [-0.3, -0.25) is 0 Å². The van der Waals surface area contributed by atoms with Crippen LogP contribution in [0.4, 0.5) is 5.69 Å². The van der Waals surface area contributed by atoms with Crippen molar-refractivity contribution < 1.29 is 0 Å². The Bertz CT molecular complexity index is 415. The van der Waals surface area contributed by atoms with Gasteiger partial charge in [-0.2, -0.15) is 0 Å². The van der Waals surface area contributed by atoms with Gasteiger partial charge in [0, 0.05) is 25.7 Å². The number of hydrogen-bond donors (Lipinski definition) is 1. The Morgan fingerprint density at radius 3 is 2.74 bits per heavy atom. The molecule has 0 spiro atoms. The third-order valence-corrected chi connectivity index (χ3v) is 4.23. The van der Waals surface area contributed by atoms with Crippen molar-refractivity contribution in [2.24, 2.45) is 0 Å². The highest BCUT2D eigenvalue weighted by Crippen LogP contribution is 2.28. The Hall–Kier alpha value is -0.730. The molecule has 2 rings (SSSR count). The van der Waals surface area contributed by atoms with Gasteiger partial charge in [0.15, 0.2) is 0 Å². The van der Waals surface area contributed by atoms with Crippen LogP contribution in [0, 0.1) is 0 Å². The Morgan fingerprint density at radius 1 is 1.42 bits per heavy atom. The summed E-state index contributed by atoms with van der Waals surface area (Å²) in [6.45, 7) is 5.40. The van der Waals surface area contributed by atoms with Crippen LogP contribution in [0.1, 0.15) is 45.1 Å². The molecule has 0 radical (unpaired) electrons. The Kier molecular flexibility index (Phi) is 5.12. The van der Waals surface area contributed by atoms with Gasteiger partial charge in [0.1, 0.15) is 0 Å². The molecule has 106 valence electrons. The van der Waals surface area contributed by atoms with Crippen LogP contribution in [0.5, 0.6) is 0 Å². The van der Waals surface area contributed by atoms with Gasteiger partial charge in [0.05, 0.1) is 10.7 Å². The van der Waals surface area contributed by atoms with Gasteiger partial charge in [0.25, 0.3) is 0 Å². The average molecular weight is 281 g/mol. The number of halogens is 1. The highest BCUT2D eigenvalue weighted by atomic mass is 35.5. The monoisotopic (exact) mass is 280 g/mol. The summed E-state index contributed by atoms with van der Waals surface area (Å²) in [7, 11) is 2.13. The van der Waals surface area contributed by atoms with E-state index in [-0.39, 0.29) is 0 Å². The molecular weight excluding hydrogens is 256 g/mol. The molecule has 1 aromatic rings. The molecule has 1 fully saturated rings. The lowest BCUT2D eigenvalue weighted by molar-refractivity contribution is 0.616. The lowest BCUT2D eigenvalue weighted by atomic mass is 10.1. The van der Waals surface area contributed by atoms with Gasteiger partial charge >= 0.3 is 0 Å². The highest BCUT2D eigenvalue weighted by Gasteiger charge is 2.20. The minimum absolute atomic E-state index is 0.526. The number of benzene rings is 1. The molecule has 1 unspecified atom stereocenters. The summed E-state index contributed by atoms with van der Waals surface area (Å²) in [5.74, 6) is 0. The summed E-state index contributed by atoms with van der Waals surface area (Å²) in [6, 6.07) is 7.70. The van der Waals surface area contributed by atoms with E-state index >= 15 is 0 Å². The molecule has 0 heterocycles. The summed E-state index contributed by atoms with van der Waals surface area (Å²) in [5.41, 5.74) is 2.41. The predicted molar refractivity (Wildman–Crippen MR) is 84.1 cm³/mol. The maximum atomic E-state index is 6.43. The summed E-state index contributed by atoms with van der Waals surface area (Å²) in [4.78, 5) is 2.28.